The van der Waals surface area contributed by atoms with E-state index in [0.717, 1.165) is 12.5 Å². The molecule has 0 unspecified atom stereocenters. The van der Waals surface area contributed by atoms with Crippen LogP contribution in [0.4, 0.5) is 0 Å². The molecule has 1 aliphatic rings. The number of hydrogen-bond acceptors (Lipinski definition) is 1. The molecule has 0 amide bonds. The Bertz CT molecular complexity index is 123. The molecule has 1 fully saturated rings. The Balaban J connectivity index is 2.33. The summed E-state index contributed by atoms with van der Waals surface area (Å²) in [5, 5.41) is 0. The van der Waals surface area contributed by atoms with E-state index in [-0.39, 0.29) is 0 Å². The SMILES string of the molecule is CCC/C(=C/CN)C1CC1. The van der Waals surface area contributed by atoms with E-state index in [4.69, 9.17) is 5.73 Å². The van der Waals surface area contributed by atoms with Gasteiger partial charge in [0.25, 0.3) is 0 Å². The highest BCUT2D eigenvalue weighted by atomic mass is 14.5. The van der Waals surface area contributed by atoms with Gasteiger partial charge in [0, 0.05) is 6.54 Å². The molecule has 0 spiro atoms. The van der Waals surface area contributed by atoms with Gasteiger partial charge in [-0.3, -0.25) is 0 Å². The van der Waals surface area contributed by atoms with Crippen molar-refractivity contribution in [2.45, 2.75) is 32.6 Å². The van der Waals surface area contributed by atoms with Gasteiger partial charge in [-0.2, -0.15) is 0 Å². The maximum absolute atomic E-state index is 5.45. The van der Waals surface area contributed by atoms with Crippen LogP contribution in [0.25, 0.3) is 0 Å². The van der Waals surface area contributed by atoms with Crippen molar-refractivity contribution < 1.29 is 0 Å². The molecule has 1 saturated carbocycles. The van der Waals surface area contributed by atoms with Crippen molar-refractivity contribution in [3.8, 4) is 0 Å². The van der Waals surface area contributed by atoms with Gasteiger partial charge in [0.15, 0.2) is 0 Å². The van der Waals surface area contributed by atoms with Crippen molar-refractivity contribution in [1.82, 2.24) is 0 Å². The Morgan fingerprint density at radius 3 is 2.70 bits per heavy atom. The lowest BCUT2D eigenvalue weighted by Gasteiger charge is -2.01. The zero-order valence-electron chi connectivity index (χ0n) is 6.77. The summed E-state index contributed by atoms with van der Waals surface area (Å²) in [6, 6.07) is 0. The third kappa shape index (κ3) is 2.14. The first-order valence-corrected chi connectivity index (χ1v) is 4.27. The molecule has 0 bridgehead atoms. The van der Waals surface area contributed by atoms with Gasteiger partial charge in [-0.15, -0.1) is 0 Å². The van der Waals surface area contributed by atoms with Gasteiger partial charge < -0.3 is 5.73 Å². The van der Waals surface area contributed by atoms with Crippen molar-refractivity contribution in [3.63, 3.8) is 0 Å². The third-order valence-electron chi connectivity index (χ3n) is 2.02. The Morgan fingerprint density at radius 2 is 2.30 bits per heavy atom. The number of hydrogen-bond donors (Lipinski definition) is 1. The van der Waals surface area contributed by atoms with Crippen LogP contribution >= 0.6 is 0 Å². The quantitative estimate of drug-likeness (QED) is 0.593. The predicted octanol–water partition coefficient (Wildman–Crippen LogP) is 2.08. The van der Waals surface area contributed by atoms with Crippen LogP contribution in [0.15, 0.2) is 11.6 Å². The predicted molar refractivity (Wildman–Crippen MR) is 44.8 cm³/mol. The van der Waals surface area contributed by atoms with Gasteiger partial charge in [0.2, 0.25) is 0 Å². The zero-order valence-corrected chi connectivity index (χ0v) is 6.77. The van der Waals surface area contributed by atoms with E-state index in [1.165, 1.54) is 25.7 Å². The van der Waals surface area contributed by atoms with Gasteiger partial charge in [0.05, 0.1) is 0 Å². The smallest absolute Gasteiger partial charge is 0.0109 e. The third-order valence-corrected chi connectivity index (χ3v) is 2.02. The molecule has 58 valence electrons. The van der Waals surface area contributed by atoms with Crippen LogP contribution < -0.4 is 5.73 Å². The fourth-order valence-corrected chi connectivity index (χ4v) is 1.37. The lowest BCUT2D eigenvalue weighted by Crippen LogP contribution is -1.97. The second kappa shape index (κ2) is 3.77. The van der Waals surface area contributed by atoms with Gasteiger partial charge in [-0.25, -0.2) is 0 Å². The molecule has 0 heterocycles. The molecular formula is C9H17N. The summed E-state index contributed by atoms with van der Waals surface area (Å²) in [6.45, 7) is 2.96. The van der Waals surface area contributed by atoms with Gasteiger partial charge in [0.1, 0.15) is 0 Å². The first-order valence-electron chi connectivity index (χ1n) is 4.27. The number of allylic oxidation sites excluding steroid dienone is 1. The highest BCUT2D eigenvalue weighted by Crippen LogP contribution is 2.38. The van der Waals surface area contributed by atoms with Crippen LogP contribution in [0.3, 0.4) is 0 Å². The van der Waals surface area contributed by atoms with Crippen molar-refractivity contribution in [3.05, 3.63) is 11.6 Å². The van der Waals surface area contributed by atoms with Crippen LogP contribution in [0.2, 0.25) is 0 Å². The fourth-order valence-electron chi connectivity index (χ4n) is 1.37. The van der Waals surface area contributed by atoms with E-state index in [1.807, 2.05) is 0 Å². The average Bonchev–Trinajstić information content (AvgIpc) is 2.69. The van der Waals surface area contributed by atoms with Crippen molar-refractivity contribution in [2.75, 3.05) is 6.54 Å². The van der Waals surface area contributed by atoms with Crippen LogP contribution in [0.5, 0.6) is 0 Å². The van der Waals surface area contributed by atoms with Gasteiger partial charge >= 0.3 is 0 Å². The highest BCUT2D eigenvalue weighted by molar-refractivity contribution is 5.12. The topological polar surface area (TPSA) is 26.0 Å². The molecular weight excluding hydrogens is 122 g/mol. The Hall–Kier alpha value is -0.300. The summed E-state index contributed by atoms with van der Waals surface area (Å²) in [5.41, 5.74) is 7.06. The normalized spacial score (nSPS) is 19.6. The molecule has 0 aliphatic heterocycles. The van der Waals surface area contributed by atoms with Gasteiger partial charge in [-0.05, 0) is 25.2 Å². The summed E-state index contributed by atoms with van der Waals surface area (Å²) in [4.78, 5) is 0. The van der Waals surface area contributed by atoms with E-state index in [2.05, 4.69) is 13.0 Å². The second-order valence-corrected chi connectivity index (χ2v) is 3.04. The number of rotatable bonds is 4. The molecule has 0 radical (unpaired) electrons. The average molecular weight is 139 g/mol. The molecule has 10 heavy (non-hydrogen) atoms. The summed E-state index contributed by atoms with van der Waals surface area (Å²) in [6.07, 6.45) is 7.56. The largest absolute Gasteiger partial charge is 0.327 e. The molecule has 0 saturated heterocycles. The van der Waals surface area contributed by atoms with Crippen LogP contribution in [0.1, 0.15) is 32.6 Å². The van der Waals surface area contributed by atoms with E-state index in [1.54, 1.807) is 5.57 Å². The van der Waals surface area contributed by atoms with Crippen molar-refractivity contribution >= 4 is 0 Å². The van der Waals surface area contributed by atoms with E-state index in [9.17, 15) is 0 Å². The first-order chi connectivity index (χ1) is 4.88. The van der Waals surface area contributed by atoms with Crippen LogP contribution in [0, 0.1) is 5.92 Å². The van der Waals surface area contributed by atoms with Crippen LogP contribution in [-0.2, 0) is 0 Å². The molecule has 1 aliphatic carbocycles. The summed E-state index contributed by atoms with van der Waals surface area (Å²) in [7, 11) is 0. The second-order valence-electron chi connectivity index (χ2n) is 3.04. The van der Waals surface area contributed by atoms with E-state index in [0.29, 0.717) is 0 Å². The minimum absolute atomic E-state index is 0.728. The summed E-state index contributed by atoms with van der Waals surface area (Å²) >= 11 is 0. The van der Waals surface area contributed by atoms with Crippen molar-refractivity contribution in [1.29, 1.82) is 0 Å². The molecule has 2 N–H and O–H groups in total. The minimum atomic E-state index is 0.728. The maximum Gasteiger partial charge on any atom is 0.0109 e. The Kier molecular flexibility index (Phi) is 2.94. The first kappa shape index (κ1) is 7.80. The molecule has 1 rings (SSSR count). The molecule has 1 nitrogen and oxygen atoms in total. The molecule has 0 aromatic carbocycles. The van der Waals surface area contributed by atoms with E-state index >= 15 is 0 Å². The maximum atomic E-state index is 5.45. The fraction of sp³-hybridized carbons (Fsp3) is 0.778. The summed E-state index contributed by atoms with van der Waals surface area (Å²) in [5.74, 6) is 0.920. The Morgan fingerprint density at radius 1 is 1.60 bits per heavy atom. The minimum Gasteiger partial charge on any atom is -0.327 e. The van der Waals surface area contributed by atoms with Crippen molar-refractivity contribution in [2.24, 2.45) is 11.7 Å². The standard InChI is InChI=1S/C9H17N/c1-2-3-8(6-7-10)9-4-5-9/h6,9H,2-5,7,10H2,1H3/b8-6-. The highest BCUT2D eigenvalue weighted by Gasteiger charge is 2.24. The Labute approximate surface area is 63.3 Å². The summed E-state index contributed by atoms with van der Waals surface area (Å²) < 4.78 is 0. The molecule has 0 aromatic heterocycles. The molecule has 1 heteroatoms. The molecule has 0 atom stereocenters. The molecule has 0 aromatic rings. The monoisotopic (exact) mass is 139 g/mol. The lowest BCUT2D eigenvalue weighted by atomic mass is 10.1. The van der Waals surface area contributed by atoms with Crippen LogP contribution in [-0.4, -0.2) is 6.54 Å². The lowest BCUT2D eigenvalue weighted by molar-refractivity contribution is 0.816. The zero-order chi connectivity index (χ0) is 7.40. The van der Waals surface area contributed by atoms with Gasteiger partial charge in [-0.1, -0.05) is 25.0 Å². The number of nitrogens with two attached hydrogens (primary N) is 1. The van der Waals surface area contributed by atoms with E-state index < -0.39 is 0 Å².